The SMILES string of the molecule is CC1CCC([C-]=O)CC1.CCCCC[C-]=O.[Y].[Y]. The van der Waals surface area contributed by atoms with Crippen molar-refractivity contribution in [1.29, 1.82) is 0 Å². The molecule has 1 saturated carbocycles. The van der Waals surface area contributed by atoms with Crippen molar-refractivity contribution >= 4 is 12.6 Å². The predicted octanol–water partition coefficient (Wildman–Crippen LogP) is 3.59. The molecule has 0 aromatic heterocycles. The van der Waals surface area contributed by atoms with Crippen LogP contribution >= 0.6 is 0 Å². The van der Waals surface area contributed by atoms with Gasteiger partial charge in [0, 0.05) is 65.4 Å². The molecular weight excluding hydrogens is 378 g/mol. The Hall–Kier alpha value is 1.55. The Morgan fingerprint density at radius 1 is 1.00 bits per heavy atom. The van der Waals surface area contributed by atoms with E-state index in [-0.39, 0.29) is 71.3 Å². The van der Waals surface area contributed by atoms with E-state index in [9.17, 15) is 9.59 Å². The molecule has 2 nitrogen and oxygen atoms in total. The zero-order valence-corrected chi connectivity index (χ0v) is 17.5. The molecule has 18 heavy (non-hydrogen) atoms. The van der Waals surface area contributed by atoms with Crippen molar-refractivity contribution in [1.82, 2.24) is 0 Å². The first-order chi connectivity index (χ1) is 7.74. The van der Waals surface area contributed by atoms with Gasteiger partial charge in [-0.05, 0) is 5.92 Å². The third-order valence-electron chi connectivity index (χ3n) is 3.06. The van der Waals surface area contributed by atoms with E-state index in [1.54, 1.807) is 0 Å². The van der Waals surface area contributed by atoms with E-state index < -0.39 is 0 Å². The number of unbranched alkanes of at least 4 members (excludes halogenated alkanes) is 3. The molecule has 0 atom stereocenters. The first-order valence-corrected chi connectivity index (χ1v) is 6.47. The zero-order chi connectivity index (χ0) is 12.2. The minimum absolute atomic E-state index is 0. The molecule has 1 aliphatic carbocycles. The second kappa shape index (κ2) is 18.5. The summed E-state index contributed by atoms with van der Waals surface area (Å²) < 4.78 is 0. The van der Waals surface area contributed by atoms with Crippen molar-refractivity contribution in [2.24, 2.45) is 11.8 Å². The van der Waals surface area contributed by atoms with Crippen LogP contribution in [0, 0.1) is 11.8 Å². The quantitative estimate of drug-likeness (QED) is 0.521. The molecule has 0 spiro atoms. The Morgan fingerprint density at radius 3 is 1.94 bits per heavy atom. The van der Waals surface area contributed by atoms with Gasteiger partial charge in [0.25, 0.3) is 0 Å². The van der Waals surface area contributed by atoms with Crippen molar-refractivity contribution in [3.63, 3.8) is 0 Å². The van der Waals surface area contributed by atoms with Crippen molar-refractivity contribution in [2.75, 3.05) is 0 Å². The Balaban J connectivity index is -0.000000232. The first-order valence-electron chi connectivity index (χ1n) is 6.47. The van der Waals surface area contributed by atoms with Gasteiger partial charge >= 0.3 is 0 Å². The summed E-state index contributed by atoms with van der Waals surface area (Å²) in [5.74, 6) is 1.11. The average Bonchev–Trinajstić information content (AvgIpc) is 2.32. The van der Waals surface area contributed by atoms with Crippen LogP contribution in [0.2, 0.25) is 0 Å². The van der Waals surface area contributed by atoms with Crippen LogP contribution in [0.5, 0.6) is 0 Å². The smallest absolute Gasteiger partial charge is 0 e. The van der Waals surface area contributed by atoms with Crippen LogP contribution in [0.4, 0.5) is 0 Å². The predicted molar refractivity (Wildman–Crippen MR) is 66.7 cm³/mol. The van der Waals surface area contributed by atoms with E-state index in [4.69, 9.17) is 0 Å². The Kier molecular flexibility index (Phi) is 25.3. The summed E-state index contributed by atoms with van der Waals surface area (Å²) in [6, 6.07) is 0. The number of hydrogen-bond acceptors (Lipinski definition) is 2. The van der Waals surface area contributed by atoms with Crippen LogP contribution in [0.3, 0.4) is 0 Å². The summed E-state index contributed by atoms with van der Waals surface area (Å²) in [4.78, 5) is 19.7. The summed E-state index contributed by atoms with van der Waals surface area (Å²) in [6.07, 6.45) is 12.5. The molecule has 0 aliphatic heterocycles. The van der Waals surface area contributed by atoms with Crippen molar-refractivity contribution < 1.29 is 75.0 Å². The zero-order valence-electron chi connectivity index (χ0n) is 11.8. The van der Waals surface area contributed by atoms with Gasteiger partial charge in [-0.1, -0.05) is 58.8 Å². The molecule has 1 aliphatic rings. The van der Waals surface area contributed by atoms with Gasteiger partial charge in [-0.15, -0.1) is 5.92 Å². The van der Waals surface area contributed by atoms with Crippen LogP contribution < -0.4 is 0 Å². The molecule has 2 radical (unpaired) electrons. The largest absolute Gasteiger partial charge is 0.542 e. The summed E-state index contributed by atoms with van der Waals surface area (Å²) in [5, 5.41) is 0. The molecule has 0 saturated heterocycles. The maximum absolute atomic E-state index is 10.1. The molecule has 0 N–H and O–H groups in total. The van der Waals surface area contributed by atoms with Gasteiger partial charge in [0.15, 0.2) is 0 Å². The van der Waals surface area contributed by atoms with E-state index in [1.165, 1.54) is 19.3 Å². The normalized spacial score (nSPS) is 21.4. The summed E-state index contributed by atoms with van der Waals surface area (Å²) >= 11 is 0. The van der Waals surface area contributed by atoms with E-state index in [2.05, 4.69) is 20.1 Å². The third-order valence-corrected chi connectivity index (χ3v) is 3.06. The first kappa shape index (κ1) is 24.6. The minimum atomic E-state index is 0. The van der Waals surface area contributed by atoms with Crippen molar-refractivity contribution in [2.45, 2.75) is 65.2 Å². The van der Waals surface area contributed by atoms with Gasteiger partial charge in [0.2, 0.25) is 0 Å². The topological polar surface area (TPSA) is 34.1 Å². The molecule has 0 amide bonds. The number of hydrogen-bond donors (Lipinski definition) is 0. The van der Waals surface area contributed by atoms with E-state index in [0.717, 1.165) is 31.6 Å². The van der Waals surface area contributed by atoms with Crippen LogP contribution in [0.15, 0.2) is 0 Å². The van der Waals surface area contributed by atoms with Crippen LogP contribution in [0.25, 0.3) is 0 Å². The molecule has 0 bridgehead atoms. The summed E-state index contributed by atoms with van der Waals surface area (Å²) in [5.41, 5.74) is 0. The summed E-state index contributed by atoms with van der Waals surface area (Å²) in [6.45, 7) is 4.37. The third kappa shape index (κ3) is 15.6. The fourth-order valence-electron chi connectivity index (χ4n) is 1.83. The monoisotopic (exact) mass is 402 g/mol. The summed E-state index contributed by atoms with van der Waals surface area (Å²) in [7, 11) is 0. The van der Waals surface area contributed by atoms with E-state index in [0.29, 0.717) is 6.42 Å². The second-order valence-electron chi connectivity index (χ2n) is 4.68. The van der Waals surface area contributed by atoms with Gasteiger partial charge in [0.1, 0.15) is 0 Å². The van der Waals surface area contributed by atoms with Crippen molar-refractivity contribution in [3.8, 4) is 0 Å². The Labute approximate surface area is 163 Å². The Bertz CT molecular complexity index is 179. The molecule has 100 valence electrons. The standard InChI is InChI=1S/C8H13O.C6H11O.2Y/c1-7-2-4-8(6-9)5-3-7;1-2-3-4-5-6-7;;/h7-8H,2-5H2,1H3;2-5H2,1H3;;/q2*-1;;. The molecular formula is C14H24O2Y2-2. The minimum Gasteiger partial charge on any atom is -0.542 e. The molecule has 4 heteroatoms. The van der Waals surface area contributed by atoms with Crippen LogP contribution in [-0.2, 0) is 75.0 Å². The van der Waals surface area contributed by atoms with Gasteiger partial charge in [-0.3, -0.25) is 12.6 Å². The average molecular weight is 402 g/mol. The molecule has 1 fully saturated rings. The van der Waals surface area contributed by atoms with Crippen molar-refractivity contribution in [3.05, 3.63) is 0 Å². The van der Waals surface area contributed by atoms with Gasteiger partial charge in [-0.2, -0.15) is 6.42 Å². The van der Waals surface area contributed by atoms with E-state index in [1.807, 2.05) is 6.29 Å². The molecule has 0 unspecified atom stereocenters. The maximum Gasteiger partial charge on any atom is 0 e. The molecule has 0 aromatic rings. The Morgan fingerprint density at radius 2 is 1.56 bits per heavy atom. The van der Waals surface area contributed by atoms with Gasteiger partial charge in [-0.25, -0.2) is 0 Å². The van der Waals surface area contributed by atoms with Crippen LogP contribution in [0.1, 0.15) is 65.2 Å². The molecule has 0 heterocycles. The number of carbonyl (C=O) groups excluding carboxylic acids is 2. The second-order valence-corrected chi connectivity index (χ2v) is 4.68. The fourth-order valence-corrected chi connectivity index (χ4v) is 1.83. The van der Waals surface area contributed by atoms with Gasteiger partial charge in [0.05, 0.1) is 0 Å². The fraction of sp³-hybridized carbons (Fsp3) is 0.857. The number of rotatable bonds is 5. The van der Waals surface area contributed by atoms with Gasteiger partial charge < -0.3 is 9.59 Å². The molecule has 0 aromatic carbocycles. The molecule has 1 rings (SSSR count). The maximum atomic E-state index is 10.1. The van der Waals surface area contributed by atoms with Crippen LogP contribution in [-0.4, -0.2) is 12.6 Å². The van der Waals surface area contributed by atoms with E-state index >= 15 is 0 Å².